The van der Waals surface area contributed by atoms with Crippen molar-refractivity contribution in [1.29, 1.82) is 0 Å². The van der Waals surface area contributed by atoms with Crippen LogP contribution in [-0.4, -0.2) is 36.2 Å². The Labute approximate surface area is 137 Å². The van der Waals surface area contributed by atoms with Gasteiger partial charge < -0.3 is 0 Å². The molecule has 1 aliphatic rings. The fraction of sp³-hybridized carbons (Fsp3) is 0.556. The quantitative estimate of drug-likeness (QED) is 0.844. The molecule has 3 rings (SSSR count). The second-order valence-corrected chi connectivity index (χ2v) is 8.12. The molecule has 1 unspecified atom stereocenters. The van der Waals surface area contributed by atoms with Gasteiger partial charge in [-0.3, -0.25) is 9.89 Å². The van der Waals surface area contributed by atoms with Gasteiger partial charge in [0.05, 0.1) is 15.8 Å². The van der Waals surface area contributed by atoms with E-state index in [1.54, 1.807) is 11.3 Å². The van der Waals surface area contributed by atoms with Crippen LogP contribution in [0, 0.1) is 5.92 Å². The molecule has 2 heterocycles. The van der Waals surface area contributed by atoms with E-state index in [0.717, 1.165) is 24.4 Å². The second kappa shape index (κ2) is 5.74. The van der Waals surface area contributed by atoms with Gasteiger partial charge in [0.25, 0.3) is 0 Å². The maximum absolute atomic E-state index is 4.90. The Bertz CT molecular complexity index is 712. The van der Waals surface area contributed by atoms with Crippen LogP contribution < -0.4 is 0 Å². The maximum Gasteiger partial charge on any atom is 0.114 e. The lowest BCUT2D eigenvalue weighted by Crippen LogP contribution is -2.35. The number of hydrogen-bond acceptors (Lipinski definition) is 4. The van der Waals surface area contributed by atoms with Crippen LogP contribution in [0.15, 0.2) is 23.2 Å². The summed E-state index contributed by atoms with van der Waals surface area (Å²) in [4.78, 5) is 11.9. The molecule has 0 bridgehead atoms. The third-order valence-corrected chi connectivity index (χ3v) is 6.18. The van der Waals surface area contributed by atoms with Crippen LogP contribution >= 0.6 is 11.3 Å². The summed E-state index contributed by atoms with van der Waals surface area (Å²) in [5.74, 6) is 0.722. The third kappa shape index (κ3) is 2.82. The molecule has 1 aromatic heterocycles. The van der Waals surface area contributed by atoms with E-state index in [-0.39, 0.29) is 5.54 Å². The summed E-state index contributed by atoms with van der Waals surface area (Å²) in [5, 5.41) is 1.17. The molecule has 0 spiro atoms. The minimum absolute atomic E-state index is 0.0400. The van der Waals surface area contributed by atoms with Gasteiger partial charge >= 0.3 is 0 Å². The van der Waals surface area contributed by atoms with Gasteiger partial charge in [0.2, 0.25) is 0 Å². The fourth-order valence-electron chi connectivity index (χ4n) is 2.62. The van der Waals surface area contributed by atoms with Gasteiger partial charge in [-0.1, -0.05) is 13.0 Å². The lowest BCUT2D eigenvalue weighted by molar-refractivity contribution is 0.197. The Morgan fingerprint density at radius 1 is 1.27 bits per heavy atom. The summed E-state index contributed by atoms with van der Waals surface area (Å²) in [5.41, 5.74) is 3.57. The van der Waals surface area contributed by atoms with E-state index in [1.807, 2.05) is 0 Å². The molecule has 4 heteroatoms. The van der Waals surface area contributed by atoms with Crippen molar-refractivity contribution in [3.8, 4) is 0 Å². The normalized spacial score (nSPS) is 19.7. The summed E-state index contributed by atoms with van der Waals surface area (Å²) in [6.07, 6.45) is 2.33. The second-order valence-electron chi connectivity index (χ2n) is 7.09. The predicted molar refractivity (Wildman–Crippen MR) is 96.1 cm³/mol. The Balaban J connectivity index is 1.97. The van der Waals surface area contributed by atoms with Gasteiger partial charge in [-0.05, 0) is 64.4 Å². The SMILES string of the molecule is CC1CCC(c2ccc3sc(C(C)(C)N(C)C)nc3c2)=NC1. The van der Waals surface area contributed by atoms with Crippen molar-refractivity contribution in [2.45, 2.75) is 39.2 Å². The number of hydrogen-bond donors (Lipinski definition) is 0. The van der Waals surface area contributed by atoms with E-state index < -0.39 is 0 Å². The van der Waals surface area contributed by atoms with Gasteiger partial charge in [-0.2, -0.15) is 0 Å². The van der Waals surface area contributed by atoms with E-state index in [1.165, 1.54) is 27.4 Å². The van der Waals surface area contributed by atoms with Crippen LogP contribution in [-0.2, 0) is 5.54 Å². The van der Waals surface area contributed by atoms with E-state index in [4.69, 9.17) is 9.98 Å². The molecule has 1 aromatic carbocycles. The molecule has 0 amide bonds. The lowest BCUT2D eigenvalue weighted by Gasteiger charge is -2.30. The van der Waals surface area contributed by atoms with Gasteiger partial charge in [0.1, 0.15) is 5.01 Å². The van der Waals surface area contributed by atoms with E-state index in [0.29, 0.717) is 0 Å². The summed E-state index contributed by atoms with van der Waals surface area (Å²) < 4.78 is 1.26. The number of rotatable bonds is 3. The first-order valence-electron chi connectivity index (χ1n) is 8.00. The molecule has 3 nitrogen and oxygen atoms in total. The van der Waals surface area contributed by atoms with Crippen LogP contribution in [0.3, 0.4) is 0 Å². The molecular weight excluding hydrogens is 290 g/mol. The molecule has 118 valence electrons. The van der Waals surface area contributed by atoms with E-state index in [2.05, 4.69) is 58.0 Å². The average Bonchev–Trinajstić information content (AvgIpc) is 2.91. The lowest BCUT2D eigenvalue weighted by atomic mass is 9.96. The zero-order valence-corrected chi connectivity index (χ0v) is 15.0. The van der Waals surface area contributed by atoms with E-state index in [9.17, 15) is 0 Å². The van der Waals surface area contributed by atoms with Gasteiger partial charge in [-0.25, -0.2) is 4.98 Å². The van der Waals surface area contributed by atoms with Crippen LogP contribution in [0.1, 0.15) is 44.2 Å². The summed E-state index contributed by atoms with van der Waals surface area (Å²) in [7, 11) is 4.21. The summed E-state index contributed by atoms with van der Waals surface area (Å²) >= 11 is 1.80. The molecule has 0 saturated heterocycles. The summed E-state index contributed by atoms with van der Waals surface area (Å²) in [6.45, 7) is 7.68. The predicted octanol–water partition coefficient (Wildman–Crippen LogP) is 4.31. The molecule has 0 N–H and O–H groups in total. The number of aromatic nitrogens is 1. The van der Waals surface area contributed by atoms with Crippen molar-refractivity contribution in [2.24, 2.45) is 10.9 Å². The van der Waals surface area contributed by atoms with E-state index >= 15 is 0 Å². The first kappa shape index (κ1) is 15.6. The number of fused-ring (bicyclic) bond motifs is 1. The highest BCUT2D eigenvalue weighted by Gasteiger charge is 2.27. The minimum atomic E-state index is -0.0400. The molecule has 0 aliphatic carbocycles. The highest BCUT2D eigenvalue weighted by Crippen LogP contribution is 2.33. The largest absolute Gasteiger partial charge is 0.298 e. The van der Waals surface area contributed by atoms with Crippen LogP contribution in [0.2, 0.25) is 0 Å². The number of benzene rings is 1. The third-order valence-electron chi connectivity index (χ3n) is 4.83. The monoisotopic (exact) mass is 315 g/mol. The van der Waals surface area contributed by atoms with Crippen molar-refractivity contribution in [1.82, 2.24) is 9.88 Å². The Morgan fingerprint density at radius 3 is 2.68 bits per heavy atom. The molecule has 0 fully saturated rings. The maximum atomic E-state index is 4.90. The summed E-state index contributed by atoms with van der Waals surface area (Å²) in [6, 6.07) is 6.63. The highest BCUT2D eigenvalue weighted by molar-refractivity contribution is 7.18. The van der Waals surface area contributed by atoms with Crippen molar-refractivity contribution in [3.05, 3.63) is 28.8 Å². The molecular formula is C18H25N3S. The zero-order valence-electron chi connectivity index (χ0n) is 14.2. The Kier molecular flexibility index (Phi) is 4.08. The van der Waals surface area contributed by atoms with Crippen molar-refractivity contribution < 1.29 is 0 Å². The van der Waals surface area contributed by atoms with Gasteiger partial charge in [0.15, 0.2) is 0 Å². The minimum Gasteiger partial charge on any atom is -0.298 e. The van der Waals surface area contributed by atoms with Gasteiger partial charge in [0, 0.05) is 12.3 Å². The Morgan fingerprint density at radius 2 is 2.05 bits per heavy atom. The van der Waals surface area contributed by atoms with Crippen molar-refractivity contribution in [2.75, 3.05) is 20.6 Å². The fourth-order valence-corrected chi connectivity index (χ4v) is 3.74. The molecule has 0 saturated carbocycles. The topological polar surface area (TPSA) is 28.5 Å². The molecule has 1 atom stereocenters. The van der Waals surface area contributed by atoms with Crippen LogP contribution in [0.5, 0.6) is 0 Å². The molecule has 1 aliphatic heterocycles. The van der Waals surface area contributed by atoms with Crippen LogP contribution in [0.4, 0.5) is 0 Å². The number of thiazole rings is 1. The zero-order chi connectivity index (χ0) is 15.9. The van der Waals surface area contributed by atoms with Crippen molar-refractivity contribution in [3.63, 3.8) is 0 Å². The Hall–Kier alpha value is -1.26. The first-order valence-corrected chi connectivity index (χ1v) is 8.82. The molecule has 2 aromatic rings. The van der Waals surface area contributed by atoms with Gasteiger partial charge in [-0.15, -0.1) is 11.3 Å². The highest BCUT2D eigenvalue weighted by atomic mass is 32.1. The molecule has 0 radical (unpaired) electrons. The van der Waals surface area contributed by atoms with Crippen LogP contribution in [0.25, 0.3) is 10.2 Å². The first-order chi connectivity index (χ1) is 10.4. The smallest absolute Gasteiger partial charge is 0.114 e. The van der Waals surface area contributed by atoms with Crippen molar-refractivity contribution >= 4 is 27.3 Å². The number of aliphatic imine (C=N–C) groups is 1. The average molecular weight is 315 g/mol. The number of nitrogens with zero attached hydrogens (tertiary/aromatic N) is 3. The standard InChI is InChI=1S/C18H25N3S/c1-12-6-8-14(19-11-12)13-7-9-16-15(10-13)20-17(22-16)18(2,3)21(4)5/h7,9-10,12H,6,8,11H2,1-5H3. The molecule has 22 heavy (non-hydrogen) atoms.